The maximum atomic E-state index is 13.0. The lowest BCUT2D eigenvalue weighted by Gasteiger charge is -2.30. The summed E-state index contributed by atoms with van der Waals surface area (Å²) in [5, 5.41) is 2.90. The van der Waals surface area contributed by atoms with E-state index in [1.54, 1.807) is 43.0 Å². The van der Waals surface area contributed by atoms with Crippen molar-refractivity contribution in [2.75, 3.05) is 28.7 Å². The van der Waals surface area contributed by atoms with Crippen LogP contribution in [0, 0.1) is 0 Å². The zero-order valence-corrected chi connectivity index (χ0v) is 18.1. The molecule has 2 rings (SSSR count). The minimum absolute atomic E-state index is 0.327. The summed E-state index contributed by atoms with van der Waals surface area (Å²) in [6, 6.07) is 13.2. The Kier molecular flexibility index (Phi) is 7.77. The molecule has 0 saturated carbocycles. The van der Waals surface area contributed by atoms with Crippen molar-refractivity contribution < 1.29 is 17.9 Å². The zero-order valence-electron chi connectivity index (χ0n) is 16.5. The summed E-state index contributed by atoms with van der Waals surface area (Å²) >= 11 is 1.62. The molecule has 0 aliphatic carbocycles. The van der Waals surface area contributed by atoms with Gasteiger partial charge in [0.15, 0.2) is 0 Å². The Morgan fingerprint density at radius 2 is 1.79 bits per heavy atom. The fourth-order valence-electron chi connectivity index (χ4n) is 2.86. The van der Waals surface area contributed by atoms with Gasteiger partial charge in [-0.3, -0.25) is 9.10 Å². The number of thioether (sulfide) groups is 1. The van der Waals surface area contributed by atoms with Crippen molar-refractivity contribution in [1.82, 2.24) is 0 Å². The highest BCUT2D eigenvalue weighted by molar-refractivity contribution is 7.99. The molecule has 0 aliphatic rings. The molecular formula is C20H26N2O4S2. The molecule has 6 nitrogen and oxygen atoms in total. The number of benzene rings is 2. The molecule has 0 radical (unpaired) electrons. The Labute approximate surface area is 171 Å². The van der Waals surface area contributed by atoms with Gasteiger partial charge in [0.25, 0.3) is 0 Å². The molecule has 28 heavy (non-hydrogen) atoms. The van der Waals surface area contributed by atoms with Gasteiger partial charge in [-0.1, -0.05) is 26.0 Å². The highest BCUT2D eigenvalue weighted by atomic mass is 32.2. The van der Waals surface area contributed by atoms with Crippen LogP contribution in [0.15, 0.2) is 53.4 Å². The number of para-hydroxylation sites is 1. The van der Waals surface area contributed by atoms with Crippen LogP contribution in [-0.2, 0) is 14.8 Å². The van der Waals surface area contributed by atoms with Crippen molar-refractivity contribution in [3.63, 3.8) is 0 Å². The smallest absolute Gasteiger partial charge is 0.248 e. The first kappa shape index (κ1) is 22.1. The zero-order chi connectivity index (χ0) is 20.7. The number of ether oxygens (including phenoxy) is 1. The van der Waals surface area contributed by atoms with Crippen LogP contribution >= 0.6 is 11.8 Å². The number of sulfonamides is 1. The normalized spacial score (nSPS) is 12.3. The van der Waals surface area contributed by atoms with E-state index >= 15 is 0 Å². The van der Waals surface area contributed by atoms with Crippen LogP contribution in [0.1, 0.15) is 20.3 Å². The number of nitrogens with zero attached hydrogens (tertiary/aromatic N) is 1. The number of carbonyl (C=O) groups is 1. The lowest BCUT2D eigenvalue weighted by molar-refractivity contribution is -0.117. The minimum atomic E-state index is -3.68. The van der Waals surface area contributed by atoms with Crippen LogP contribution in [0.4, 0.5) is 11.4 Å². The molecule has 1 atom stereocenters. The summed E-state index contributed by atoms with van der Waals surface area (Å²) in [7, 11) is -2.14. The summed E-state index contributed by atoms with van der Waals surface area (Å²) in [4.78, 5) is 14.0. The standard InChI is InChI=1S/C20H26N2O4S2/c1-5-18(20(23)21-17-9-7-8-10-19(17)27-6-2)22(28(4,24)25)15-11-13-16(26-3)14-12-15/h7-14,18H,5-6H2,1-4H3,(H,21,23)/t18-/m1/s1. The maximum Gasteiger partial charge on any atom is 0.248 e. The third kappa shape index (κ3) is 5.42. The predicted molar refractivity (Wildman–Crippen MR) is 116 cm³/mol. The summed E-state index contributed by atoms with van der Waals surface area (Å²) < 4.78 is 31.3. The molecule has 0 bridgehead atoms. The second-order valence-electron chi connectivity index (χ2n) is 6.10. The highest BCUT2D eigenvalue weighted by Gasteiger charge is 2.31. The van der Waals surface area contributed by atoms with Gasteiger partial charge in [0.2, 0.25) is 15.9 Å². The van der Waals surface area contributed by atoms with E-state index in [1.165, 1.54) is 7.11 Å². The molecule has 1 amide bonds. The number of hydrogen-bond donors (Lipinski definition) is 1. The topological polar surface area (TPSA) is 75.7 Å². The summed E-state index contributed by atoms with van der Waals surface area (Å²) in [6.07, 6.45) is 1.43. The molecule has 0 aromatic heterocycles. The molecule has 2 aromatic rings. The van der Waals surface area contributed by atoms with Crippen LogP contribution in [0.2, 0.25) is 0 Å². The average molecular weight is 423 g/mol. The monoisotopic (exact) mass is 422 g/mol. The van der Waals surface area contributed by atoms with Gasteiger partial charge in [0, 0.05) is 4.90 Å². The summed E-state index contributed by atoms with van der Waals surface area (Å²) in [6.45, 7) is 3.83. The number of rotatable bonds is 9. The molecule has 0 spiro atoms. The Hall–Kier alpha value is -2.19. The maximum absolute atomic E-state index is 13.0. The van der Waals surface area contributed by atoms with E-state index in [9.17, 15) is 13.2 Å². The number of amides is 1. The van der Waals surface area contributed by atoms with E-state index in [2.05, 4.69) is 5.32 Å². The highest BCUT2D eigenvalue weighted by Crippen LogP contribution is 2.29. The first-order chi connectivity index (χ1) is 13.3. The van der Waals surface area contributed by atoms with Crippen molar-refractivity contribution >= 4 is 39.1 Å². The van der Waals surface area contributed by atoms with E-state index in [0.717, 1.165) is 21.2 Å². The Morgan fingerprint density at radius 3 is 2.32 bits per heavy atom. The Balaban J connectivity index is 2.36. The molecule has 0 fully saturated rings. The van der Waals surface area contributed by atoms with Gasteiger partial charge in [-0.15, -0.1) is 11.8 Å². The molecule has 0 aliphatic heterocycles. The van der Waals surface area contributed by atoms with E-state index in [1.807, 2.05) is 31.2 Å². The van der Waals surface area contributed by atoms with Crippen molar-refractivity contribution in [2.45, 2.75) is 31.2 Å². The van der Waals surface area contributed by atoms with Gasteiger partial charge in [0.1, 0.15) is 11.8 Å². The molecule has 0 saturated heterocycles. The fraction of sp³-hybridized carbons (Fsp3) is 0.350. The number of anilines is 2. The minimum Gasteiger partial charge on any atom is -0.497 e. The lowest BCUT2D eigenvalue weighted by atomic mass is 10.1. The van der Waals surface area contributed by atoms with Crippen LogP contribution in [-0.4, -0.2) is 39.5 Å². The van der Waals surface area contributed by atoms with Gasteiger partial charge in [-0.25, -0.2) is 8.42 Å². The largest absolute Gasteiger partial charge is 0.497 e. The second-order valence-corrected chi connectivity index (χ2v) is 9.26. The number of nitrogens with one attached hydrogen (secondary N) is 1. The molecule has 8 heteroatoms. The van der Waals surface area contributed by atoms with Gasteiger partial charge in [-0.2, -0.15) is 0 Å². The Bertz CT molecular complexity index is 899. The molecule has 1 N–H and O–H groups in total. The van der Waals surface area contributed by atoms with E-state index in [0.29, 0.717) is 23.5 Å². The second kappa shape index (κ2) is 9.84. The number of hydrogen-bond acceptors (Lipinski definition) is 5. The van der Waals surface area contributed by atoms with Crippen LogP contribution in [0.3, 0.4) is 0 Å². The Morgan fingerprint density at radius 1 is 1.14 bits per heavy atom. The van der Waals surface area contributed by atoms with Crippen molar-refractivity contribution in [1.29, 1.82) is 0 Å². The van der Waals surface area contributed by atoms with Crippen LogP contribution in [0.25, 0.3) is 0 Å². The van der Waals surface area contributed by atoms with Crippen LogP contribution < -0.4 is 14.4 Å². The van der Waals surface area contributed by atoms with E-state index < -0.39 is 16.1 Å². The molecule has 0 heterocycles. The first-order valence-electron chi connectivity index (χ1n) is 8.98. The van der Waals surface area contributed by atoms with Crippen LogP contribution in [0.5, 0.6) is 5.75 Å². The first-order valence-corrected chi connectivity index (χ1v) is 11.8. The van der Waals surface area contributed by atoms with Crippen molar-refractivity contribution in [3.05, 3.63) is 48.5 Å². The molecule has 2 aromatic carbocycles. The average Bonchev–Trinajstić information content (AvgIpc) is 2.67. The van der Waals surface area contributed by atoms with E-state index in [-0.39, 0.29) is 5.91 Å². The predicted octanol–water partition coefficient (Wildman–Crippen LogP) is 3.99. The van der Waals surface area contributed by atoms with Gasteiger partial charge >= 0.3 is 0 Å². The van der Waals surface area contributed by atoms with Crippen molar-refractivity contribution in [2.24, 2.45) is 0 Å². The SMILES string of the molecule is CCSc1ccccc1NC(=O)[C@@H](CC)N(c1ccc(OC)cc1)S(C)(=O)=O. The lowest BCUT2D eigenvalue weighted by Crippen LogP contribution is -2.47. The van der Waals surface area contributed by atoms with Gasteiger partial charge < -0.3 is 10.1 Å². The fourth-order valence-corrected chi connectivity index (χ4v) is 4.83. The van der Waals surface area contributed by atoms with Gasteiger partial charge in [0.05, 0.1) is 24.7 Å². The van der Waals surface area contributed by atoms with E-state index in [4.69, 9.17) is 4.74 Å². The third-order valence-corrected chi connectivity index (χ3v) is 6.24. The third-order valence-electron chi connectivity index (χ3n) is 4.10. The van der Waals surface area contributed by atoms with Crippen molar-refractivity contribution in [3.8, 4) is 5.75 Å². The summed E-state index contributed by atoms with van der Waals surface area (Å²) in [5.41, 5.74) is 1.10. The molecule has 152 valence electrons. The molecular weight excluding hydrogens is 396 g/mol. The molecule has 0 unspecified atom stereocenters. The van der Waals surface area contributed by atoms with Gasteiger partial charge in [-0.05, 0) is 48.6 Å². The quantitative estimate of drug-likeness (QED) is 0.619. The number of methoxy groups -OCH3 is 1. The number of carbonyl (C=O) groups excluding carboxylic acids is 1. The summed E-state index contributed by atoms with van der Waals surface area (Å²) in [5.74, 6) is 1.11.